The highest BCUT2D eigenvalue weighted by Gasteiger charge is 2.17. The van der Waals surface area contributed by atoms with Crippen LogP contribution in [-0.4, -0.2) is 34.3 Å². The standard InChI is InChI=1S/C21H18N2O5/c1-12(22)19(13(2)24)18(25)11-27-21(26)15-8-9-17-16(10-15)20(28-23-17)14-6-4-3-5-7-14/h3-10,22,25H,11H2,1-2H3/b19-18-,22-12?. The molecule has 0 atom stereocenters. The number of rotatable bonds is 6. The second-order valence-electron chi connectivity index (χ2n) is 6.19. The maximum absolute atomic E-state index is 12.4. The number of esters is 1. The van der Waals surface area contributed by atoms with Crippen molar-refractivity contribution >= 4 is 28.4 Å². The summed E-state index contributed by atoms with van der Waals surface area (Å²) in [5.41, 5.74) is 1.41. The highest BCUT2D eigenvalue weighted by molar-refractivity contribution is 6.20. The smallest absolute Gasteiger partial charge is 0.338 e. The highest BCUT2D eigenvalue weighted by atomic mass is 16.5. The van der Waals surface area contributed by atoms with Gasteiger partial charge in [-0.25, -0.2) is 4.79 Å². The van der Waals surface area contributed by atoms with Crippen molar-refractivity contribution in [1.82, 2.24) is 5.16 Å². The Bertz CT molecular complexity index is 1080. The molecule has 0 aliphatic carbocycles. The minimum atomic E-state index is -0.681. The van der Waals surface area contributed by atoms with Crippen molar-refractivity contribution in [3.63, 3.8) is 0 Å². The lowest BCUT2D eigenvalue weighted by Gasteiger charge is -2.08. The average Bonchev–Trinajstić information content (AvgIpc) is 3.09. The van der Waals surface area contributed by atoms with Gasteiger partial charge in [0, 0.05) is 11.3 Å². The quantitative estimate of drug-likeness (QED) is 0.289. The monoisotopic (exact) mass is 378 g/mol. The molecule has 3 rings (SSSR count). The van der Waals surface area contributed by atoms with Crippen LogP contribution in [0, 0.1) is 5.41 Å². The van der Waals surface area contributed by atoms with Gasteiger partial charge >= 0.3 is 5.97 Å². The van der Waals surface area contributed by atoms with E-state index in [-0.39, 0.29) is 16.8 Å². The molecular formula is C21H18N2O5. The minimum Gasteiger partial charge on any atom is -0.508 e. The Hall–Kier alpha value is -3.74. The van der Waals surface area contributed by atoms with E-state index in [0.717, 1.165) is 5.56 Å². The summed E-state index contributed by atoms with van der Waals surface area (Å²) < 4.78 is 10.5. The lowest BCUT2D eigenvalue weighted by Crippen LogP contribution is -2.15. The largest absolute Gasteiger partial charge is 0.508 e. The molecule has 2 aromatic carbocycles. The zero-order valence-corrected chi connectivity index (χ0v) is 15.4. The van der Waals surface area contributed by atoms with E-state index < -0.39 is 24.1 Å². The summed E-state index contributed by atoms with van der Waals surface area (Å²) in [6.07, 6.45) is 0. The number of aliphatic hydroxyl groups is 1. The number of aliphatic hydroxyl groups excluding tert-OH is 1. The van der Waals surface area contributed by atoms with E-state index in [1.54, 1.807) is 12.1 Å². The maximum atomic E-state index is 12.4. The van der Waals surface area contributed by atoms with Crippen LogP contribution in [-0.2, 0) is 9.53 Å². The number of fused-ring (bicyclic) bond motifs is 1. The number of allylic oxidation sites excluding steroid dienone is 1. The zero-order chi connectivity index (χ0) is 20.3. The molecule has 0 unspecified atom stereocenters. The van der Waals surface area contributed by atoms with Crippen LogP contribution in [0.3, 0.4) is 0 Å². The normalized spacial score (nSPS) is 11.8. The molecule has 2 N–H and O–H groups in total. The van der Waals surface area contributed by atoms with E-state index in [4.69, 9.17) is 14.7 Å². The molecular weight excluding hydrogens is 360 g/mol. The first-order valence-electron chi connectivity index (χ1n) is 8.49. The molecule has 0 saturated heterocycles. The average molecular weight is 378 g/mol. The van der Waals surface area contributed by atoms with E-state index in [9.17, 15) is 14.7 Å². The summed E-state index contributed by atoms with van der Waals surface area (Å²) in [7, 11) is 0. The second-order valence-corrected chi connectivity index (χ2v) is 6.19. The second kappa shape index (κ2) is 7.87. The van der Waals surface area contributed by atoms with E-state index in [0.29, 0.717) is 16.7 Å². The Morgan fingerprint density at radius 2 is 1.86 bits per heavy atom. The van der Waals surface area contributed by atoms with E-state index in [2.05, 4.69) is 5.16 Å². The molecule has 7 heteroatoms. The van der Waals surface area contributed by atoms with Crippen molar-refractivity contribution in [3.8, 4) is 11.3 Å². The van der Waals surface area contributed by atoms with Gasteiger partial charge in [-0.1, -0.05) is 35.5 Å². The molecule has 0 spiro atoms. The Balaban J connectivity index is 1.86. The van der Waals surface area contributed by atoms with E-state index in [1.807, 2.05) is 30.3 Å². The summed E-state index contributed by atoms with van der Waals surface area (Å²) >= 11 is 0. The molecule has 0 fully saturated rings. The lowest BCUT2D eigenvalue weighted by atomic mass is 10.1. The number of hydrogen-bond donors (Lipinski definition) is 2. The molecule has 142 valence electrons. The molecule has 1 heterocycles. The maximum Gasteiger partial charge on any atom is 0.338 e. The van der Waals surface area contributed by atoms with Crippen molar-refractivity contribution in [3.05, 3.63) is 65.4 Å². The Morgan fingerprint density at radius 1 is 1.14 bits per heavy atom. The van der Waals surface area contributed by atoms with Gasteiger partial charge in [0.2, 0.25) is 0 Å². The fraction of sp³-hybridized carbons (Fsp3) is 0.143. The van der Waals surface area contributed by atoms with E-state index in [1.165, 1.54) is 19.9 Å². The number of hydrogen-bond acceptors (Lipinski definition) is 7. The van der Waals surface area contributed by atoms with Crippen LogP contribution in [0.2, 0.25) is 0 Å². The van der Waals surface area contributed by atoms with Gasteiger partial charge in [0.15, 0.2) is 11.5 Å². The fourth-order valence-electron chi connectivity index (χ4n) is 2.84. The van der Waals surface area contributed by atoms with Crippen LogP contribution in [0.1, 0.15) is 24.2 Å². The first kappa shape index (κ1) is 19.0. The van der Waals surface area contributed by atoms with Crippen LogP contribution >= 0.6 is 0 Å². The molecule has 7 nitrogen and oxygen atoms in total. The number of ketones is 1. The molecule has 28 heavy (non-hydrogen) atoms. The van der Waals surface area contributed by atoms with Gasteiger partial charge in [-0.05, 0) is 32.0 Å². The van der Waals surface area contributed by atoms with Crippen molar-refractivity contribution in [2.75, 3.05) is 6.61 Å². The zero-order valence-electron chi connectivity index (χ0n) is 15.4. The first-order valence-corrected chi connectivity index (χ1v) is 8.49. The Kier molecular flexibility index (Phi) is 5.35. The number of carbonyl (C=O) groups excluding carboxylic acids is 2. The predicted octanol–water partition coefficient (Wildman–Crippen LogP) is 4.09. The molecule has 0 amide bonds. The van der Waals surface area contributed by atoms with Crippen molar-refractivity contribution in [2.45, 2.75) is 13.8 Å². The van der Waals surface area contributed by atoms with Crippen molar-refractivity contribution in [2.24, 2.45) is 0 Å². The minimum absolute atomic E-state index is 0.0977. The van der Waals surface area contributed by atoms with Crippen LogP contribution < -0.4 is 0 Å². The molecule has 0 radical (unpaired) electrons. The number of aromatic nitrogens is 1. The molecule has 0 saturated carbocycles. The van der Waals surface area contributed by atoms with Gasteiger partial charge in [0.25, 0.3) is 0 Å². The molecule has 3 aromatic rings. The summed E-state index contributed by atoms with van der Waals surface area (Å²) in [6, 6.07) is 14.1. The predicted molar refractivity (Wildman–Crippen MR) is 103 cm³/mol. The summed E-state index contributed by atoms with van der Waals surface area (Å²) in [5.74, 6) is -1.07. The molecule has 0 bridgehead atoms. The Labute approximate surface area is 160 Å². The third-order valence-corrected chi connectivity index (χ3v) is 4.10. The summed E-state index contributed by atoms with van der Waals surface area (Å²) in [6.45, 7) is 2.10. The van der Waals surface area contributed by atoms with Gasteiger partial charge in [0.1, 0.15) is 17.9 Å². The lowest BCUT2D eigenvalue weighted by molar-refractivity contribution is -0.113. The first-order chi connectivity index (χ1) is 13.4. The summed E-state index contributed by atoms with van der Waals surface area (Å²) in [5, 5.41) is 22.2. The van der Waals surface area contributed by atoms with Gasteiger partial charge in [-0.2, -0.15) is 0 Å². The third kappa shape index (κ3) is 3.83. The number of nitrogens with one attached hydrogen (secondary N) is 1. The number of nitrogens with zero attached hydrogens (tertiary/aromatic N) is 1. The topological polar surface area (TPSA) is 113 Å². The molecule has 1 aromatic heterocycles. The van der Waals surface area contributed by atoms with Gasteiger partial charge in [-0.15, -0.1) is 0 Å². The van der Waals surface area contributed by atoms with Gasteiger partial charge in [-0.3, -0.25) is 4.79 Å². The number of benzene rings is 2. The van der Waals surface area contributed by atoms with Crippen LogP contribution in [0.15, 0.2) is 64.4 Å². The number of ether oxygens (including phenoxy) is 1. The van der Waals surface area contributed by atoms with Crippen molar-refractivity contribution < 1.29 is 24.0 Å². The summed E-state index contributed by atoms with van der Waals surface area (Å²) in [4.78, 5) is 23.9. The number of Topliss-reactive ketones (excluding diaryl/α,β-unsaturated/α-hetero) is 1. The third-order valence-electron chi connectivity index (χ3n) is 4.10. The SMILES string of the molecule is CC(=N)/C(C(C)=O)=C(/O)COC(=O)c1ccc2noc(-c3ccccc3)c2c1. The fourth-order valence-corrected chi connectivity index (χ4v) is 2.84. The van der Waals surface area contributed by atoms with Gasteiger partial charge < -0.3 is 19.8 Å². The van der Waals surface area contributed by atoms with Crippen LogP contribution in [0.4, 0.5) is 0 Å². The van der Waals surface area contributed by atoms with Crippen LogP contribution in [0.5, 0.6) is 0 Å². The highest BCUT2D eigenvalue weighted by Crippen LogP contribution is 2.29. The molecule has 0 aliphatic rings. The van der Waals surface area contributed by atoms with Gasteiger partial charge in [0.05, 0.1) is 16.5 Å². The van der Waals surface area contributed by atoms with Crippen LogP contribution in [0.25, 0.3) is 22.2 Å². The Morgan fingerprint density at radius 3 is 2.50 bits per heavy atom. The van der Waals surface area contributed by atoms with E-state index >= 15 is 0 Å². The van der Waals surface area contributed by atoms with Crippen molar-refractivity contribution in [1.29, 1.82) is 5.41 Å². The number of carbonyl (C=O) groups is 2. The molecule has 0 aliphatic heterocycles.